The van der Waals surface area contributed by atoms with E-state index in [0.29, 0.717) is 5.75 Å². The van der Waals surface area contributed by atoms with Crippen molar-refractivity contribution in [3.63, 3.8) is 0 Å². The molecular weight excluding hydrogens is 401 g/mol. The Morgan fingerprint density at radius 1 is 1.17 bits per heavy atom. The molecule has 1 rings (SSSR count). The predicted octanol–water partition coefficient (Wildman–Crippen LogP) is 1.76. The van der Waals surface area contributed by atoms with Gasteiger partial charge in [-0.1, -0.05) is 22.0 Å². The Kier molecular flexibility index (Phi) is 7.49. The minimum atomic E-state index is -4.60. The zero-order valence-corrected chi connectivity index (χ0v) is 13.6. The van der Waals surface area contributed by atoms with Crippen molar-refractivity contribution in [3.05, 3.63) is 28.7 Å². The smallest absolute Gasteiger partial charge is 0.405 e. The molecule has 24 heavy (non-hydrogen) atoms. The molecule has 3 amide bonds. The van der Waals surface area contributed by atoms with Crippen LogP contribution < -0.4 is 15.4 Å². The van der Waals surface area contributed by atoms with Gasteiger partial charge in [0.15, 0.2) is 13.2 Å². The first-order chi connectivity index (χ1) is 11.2. The van der Waals surface area contributed by atoms with Crippen molar-refractivity contribution in [2.24, 2.45) is 0 Å². The van der Waals surface area contributed by atoms with Gasteiger partial charge in [0.05, 0.1) is 0 Å². The second kappa shape index (κ2) is 9.11. The maximum Gasteiger partial charge on any atom is 0.405 e. The summed E-state index contributed by atoms with van der Waals surface area (Å²) in [6.07, 6.45) is -4.60. The van der Waals surface area contributed by atoms with E-state index in [4.69, 9.17) is 4.74 Å². The Morgan fingerprint density at radius 2 is 1.88 bits per heavy atom. The van der Waals surface area contributed by atoms with Gasteiger partial charge in [0.2, 0.25) is 0 Å². The molecule has 0 spiro atoms. The fourth-order valence-electron chi connectivity index (χ4n) is 1.27. The number of carbonyl (C=O) groups excluding carboxylic acids is 3. The van der Waals surface area contributed by atoms with E-state index in [1.807, 2.05) is 0 Å². The molecule has 0 heterocycles. The second-order valence-electron chi connectivity index (χ2n) is 4.25. The van der Waals surface area contributed by atoms with E-state index in [-0.39, 0.29) is 0 Å². The molecule has 0 aliphatic carbocycles. The Labute approximate surface area is 142 Å². The molecule has 0 fully saturated rings. The zero-order valence-electron chi connectivity index (χ0n) is 12.0. The molecule has 0 aliphatic heterocycles. The molecule has 7 nitrogen and oxygen atoms in total. The minimum Gasteiger partial charge on any atom is -0.482 e. The number of carbonyl (C=O) groups is 3. The quantitative estimate of drug-likeness (QED) is 0.694. The van der Waals surface area contributed by atoms with Gasteiger partial charge in [-0.05, 0) is 18.2 Å². The average molecular weight is 413 g/mol. The van der Waals surface area contributed by atoms with Crippen molar-refractivity contribution in [3.8, 4) is 5.75 Å². The van der Waals surface area contributed by atoms with Crippen LogP contribution >= 0.6 is 15.9 Å². The van der Waals surface area contributed by atoms with Gasteiger partial charge in [-0.25, -0.2) is 9.59 Å². The van der Waals surface area contributed by atoms with Crippen LogP contribution in [-0.2, 0) is 14.3 Å². The first kappa shape index (κ1) is 19.7. The standard InChI is InChI=1S/C13H12BrF3N2O5/c14-8-2-1-3-9(4-8)23-6-11(21)24-5-10(20)19-12(22)18-7-13(15,16)17/h1-4H,5-7H2,(H2,18,19,20,22). The average Bonchev–Trinajstić information content (AvgIpc) is 2.48. The summed E-state index contributed by atoms with van der Waals surface area (Å²) in [6.45, 7) is -2.91. The SMILES string of the molecule is O=C(COC(=O)COc1cccc(Br)c1)NC(=O)NCC(F)(F)F. The number of alkyl halides is 3. The number of imide groups is 1. The second-order valence-corrected chi connectivity index (χ2v) is 5.17. The van der Waals surface area contributed by atoms with Gasteiger partial charge in [-0.2, -0.15) is 13.2 Å². The number of hydrogen-bond donors (Lipinski definition) is 2. The van der Waals surface area contributed by atoms with E-state index in [9.17, 15) is 27.6 Å². The summed E-state index contributed by atoms with van der Waals surface area (Å²) in [7, 11) is 0. The van der Waals surface area contributed by atoms with Crippen LogP contribution in [0.15, 0.2) is 28.7 Å². The van der Waals surface area contributed by atoms with Crippen LogP contribution in [0, 0.1) is 0 Å². The van der Waals surface area contributed by atoms with Gasteiger partial charge in [0.1, 0.15) is 12.3 Å². The number of amides is 3. The molecule has 0 aromatic heterocycles. The predicted molar refractivity (Wildman–Crippen MR) is 78.2 cm³/mol. The lowest BCUT2D eigenvalue weighted by atomic mass is 10.3. The molecule has 11 heteroatoms. The van der Waals surface area contributed by atoms with E-state index in [0.717, 1.165) is 4.47 Å². The van der Waals surface area contributed by atoms with Gasteiger partial charge >= 0.3 is 18.2 Å². The summed E-state index contributed by atoms with van der Waals surface area (Å²) >= 11 is 3.21. The third kappa shape index (κ3) is 8.98. The fraction of sp³-hybridized carbons (Fsp3) is 0.308. The maximum atomic E-state index is 11.8. The summed E-state index contributed by atoms with van der Waals surface area (Å²) < 4.78 is 45.9. The number of rotatable bonds is 6. The molecule has 0 aliphatic rings. The highest BCUT2D eigenvalue weighted by molar-refractivity contribution is 9.10. The van der Waals surface area contributed by atoms with Crippen molar-refractivity contribution < 1.29 is 37.0 Å². The molecule has 0 saturated heterocycles. The van der Waals surface area contributed by atoms with Gasteiger partial charge in [-0.15, -0.1) is 0 Å². The lowest BCUT2D eigenvalue weighted by Gasteiger charge is -2.09. The number of nitrogens with one attached hydrogen (secondary N) is 2. The Morgan fingerprint density at radius 3 is 2.50 bits per heavy atom. The van der Waals surface area contributed by atoms with Gasteiger partial charge in [0, 0.05) is 4.47 Å². The summed E-state index contributed by atoms with van der Waals surface area (Å²) in [5.74, 6) is -1.58. The van der Waals surface area contributed by atoms with Gasteiger partial charge in [-0.3, -0.25) is 10.1 Å². The van der Waals surface area contributed by atoms with Crippen LogP contribution in [0.1, 0.15) is 0 Å². The summed E-state index contributed by atoms with van der Waals surface area (Å²) in [4.78, 5) is 33.6. The number of hydrogen-bond acceptors (Lipinski definition) is 5. The third-order valence-electron chi connectivity index (χ3n) is 2.22. The number of ether oxygens (including phenoxy) is 2. The highest BCUT2D eigenvalue weighted by atomic mass is 79.9. The molecule has 2 N–H and O–H groups in total. The highest BCUT2D eigenvalue weighted by Crippen LogP contribution is 2.17. The lowest BCUT2D eigenvalue weighted by molar-refractivity contribution is -0.150. The zero-order chi connectivity index (χ0) is 18.2. The lowest BCUT2D eigenvalue weighted by Crippen LogP contribution is -2.44. The van der Waals surface area contributed by atoms with E-state index >= 15 is 0 Å². The van der Waals surface area contributed by atoms with E-state index < -0.39 is 43.8 Å². The molecule has 1 aromatic rings. The van der Waals surface area contributed by atoms with Crippen LogP contribution in [-0.4, -0.2) is 43.8 Å². The van der Waals surface area contributed by atoms with E-state index in [2.05, 4.69) is 20.7 Å². The van der Waals surface area contributed by atoms with E-state index in [1.165, 1.54) is 5.32 Å². The molecule has 0 unspecified atom stereocenters. The molecular formula is C13H12BrF3N2O5. The van der Waals surface area contributed by atoms with E-state index in [1.54, 1.807) is 29.6 Å². The van der Waals surface area contributed by atoms with Crippen molar-refractivity contribution in [2.75, 3.05) is 19.8 Å². The van der Waals surface area contributed by atoms with Crippen LogP contribution in [0.2, 0.25) is 0 Å². The van der Waals surface area contributed by atoms with Crippen LogP contribution in [0.3, 0.4) is 0 Å². The summed E-state index contributed by atoms with van der Waals surface area (Å²) in [6, 6.07) is 5.27. The minimum absolute atomic E-state index is 0.386. The topological polar surface area (TPSA) is 93.7 Å². The normalized spacial score (nSPS) is 10.7. The first-order valence-corrected chi connectivity index (χ1v) is 7.13. The molecule has 132 valence electrons. The fourth-order valence-corrected chi connectivity index (χ4v) is 1.65. The van der Waals surface area contributed by atoms with Crippen molar-refractivity contribution in [1.29, 1.82) is 0 Å². The van der Waals surface area contributed by atoms with Crippen LogP contribution in [0.5, 0.6) is 5.75 Å². The number of halogens is 4. The number of esters is 1. The Hall–Kier alpha value is -2.30. The number of urea groups is 1. The van der Waals surface area contributed by atoms with Crippen molar-refractivity contribution >= 4 is 33.8 Å². The molecule has 0 atom stereocenters. The third-order valence-corrected chi connectivity index (χ3v) is 2.71. The van der Waals surface area contributed by atoms with Gasteiger partial charge in [0.25, 0.3) is 5.91 Å². The Balaban J connectivity index is 2.23. The number of benzene rings is 1. The summed E-state index contributed by atoms with van der Waals surface area (Å²) in [5, 5.41) is 3.00. The maximum absolute atomic E-state index is 11.8. The molecule has 0 radical (unpaired) electrons. The summed E-state index contributed by atoms with van der Waals surface area (Å²) in [5.41, 5.74) is 0. The van der Waals surface area contributed by atoms with Crippen LogP contribution in [0.4, 0.5) is 18.0 Å². The molecule has 1 aromatic carbocycles. The molecule has 0 bridgehead atoms. The van der Waals surface area contributed by atoms with Crippen LogP contribution in [0.25, 0.3) is 0 Å². The monoisotopic (exact) mass is 412 g/mol. The largest absolute Gasteiger partial charge is 0.482 e. The van der Waals surface area contributed by atoms with Crippen molar-refractivity contribution in [1.82, 2.24) is 10.6 Å². The highest BCUT2D eigenvalue weighted by Gasteiger charge is 2.28. The van der Waals surface area contributed by atoms with Crippen molar-refractivity contribution in [2.45, 2.75) is 6.18 Å². The van der Waals surface area contributed by atoms with Gasteiger partial charge < -0.3 is 14.8 Å². The first-order valence-electron chi connectivity index (χ1n) is 6.34. The molecule has 0 saturated carbocycles. The Bertz CT molecular complexity index is 610.